The molecule has 0 aromatic rings. The van der Waals surface area contributed by atoms with Crippen molar-refractivity contribution in [1.29, 1.82) is 0 Å². The Hall–Kier alpha value is -0.130. The van der Waals surface area contributed by atoms with Gasteiger partial charge in [0.2, 0.25) is 5.91 Å². The fraction of sp³-hybridized carbons (Fsp3) is 0.818. The minimum atomic E-state index is 0.0940. The molecule has 0 saturated carbocycles. The van der Waals surface area contributed by atoms with Crippen molar-refractivity contribution in [3.8, 4) is 0 Å². The van der Waals surface area contributed by atoms with Crippen LogP contribution >= 0.6 is 22.6 Å². The van der Waals surface area contributed by atoms with E-state index in [9.17, 15) is 9.59 Å². The van der Waals surface area contributed by atoms with Gasteiger partial charge in [0.1, 0.15) is 5.78 Å². The lowest BCUT2D eigenvalue weighted by Gasteiger charge is -2.04. The third-order valence-corrected chi connectivity index (χ3v) is 2.79. The molecule has 3 nitrogen and oxygen atoms in total. The monoisotopic (exact) mass is 325 g/mol. The molecule has 0 aromatic carbocycles. The first kappa shape index (κ1) is 14.9. The lowest BCUT2D eigenvalue weighted by Crippen LogP contribution is -2.23. The highest BCUT2D eigenvalue weighted by Crippen LogP contribution is 2.07. The van der Waals surface area contributed by atoms with Gasteiger partial charge in [-0.25, -0.2) is 0 Å². The predicted molar refractivity (Wildman–Crippen MR) is 70.3 cm³/mol. The van der Waals surface area contributed by atoms with Crippen molar-refractivity contribution in [1.82, 2.24) is 5.32 Å². The maximum absolute atomic E-state index is 11.3. The van der Waals surface area contributed by atoms with Crippen LogP contribution in [0, 0.1) is 0 Å². The van der Waals surface area contributed by atoms with E-state index in [4.69, 9.17) is 0 Å². The molecule has 1 amide bonds. The van der Waals surface area contributed by atoms with Crippen LogP contribution in [0.2, 0.25) is 0 Å². The molecule has 0 saturated heterocycles. The van der Waals surface area contributed by atoms with Gasteiger partial charge in [-0.2, -0.15) is 0 Å². The van der Waals surface area contributed by atoms with E-state index in [1.54, 1.807) is 0 Å². The summed E-state index contributed by atoms with van der Waals surface area (Å²) in [7, 11) is 0. The third-order valence-electron chi connectivity index (χ3n) is 2.09. The summed E-state index contributed by atoms with van der Waals surface area (Å²) < 4.78 is 0.0940. The molecule has 15 heavy (non-hydrogen) atoms. The van der Waals surface area contributed by atoms with Gasteiger partial charge in [-0.05, 0) is 26.2 Å². The minimum Gasteiger partial charge on any atom is -0.356 e. The predicted octanol–water partition coefficient (Wildman–Crippen LogP) is 2.47. The number of Topliss-reactive ketones (excluding diaryl/α,β-unsaturated/α-hetero) is 1. The van der Waals surface area contributed by atoms with E-state index >= 15 is 0 Å². The van der Waals surface area contributed by atoms with Crippen LogP contribution in [0.25, 0.3) is 0 Å². The summed E-state index contributed by atoms with van der Waals surface area (Å²) in [5.41, 5.74) is 0. The molecule has 0 bridgehead atoms. The van der Waals surface area contributed by atoms with Gasteiger partial charge < -0.3 is 5.32 Å². The van der Waals surface area contributed by atoms with Crippen molar-refractivity contribution in [2.75, 3.05) is 6.54 Å². The summed E-state index contributed by atoms with van der Waals surface area (Å²) in [5.74, 6) is 0.386. The number of carbonyl (C=O) groups is 2. The van der Waals surface area contributed by atoms with Crippen LogP contribution in [-0.2, 0) is 9.59 Å². The van der Waals surface area contributed by atoms with Crippen molar-refractivity contribution >= 4 is 34.3 Å². The molecule has 1 atom stereocenters. The topological polar surface area (TPSA) is 46.2 Å². The first-order chi connectivity index (χ1) is 7.07. The van der Waals surface area contributed by atoms with Gasteiger partial charge in [0.25, 0.3) is 0 Å². The fourth-order valence-electron chi connectivity index (χ4n) is 1.14. The van der Waals surface area contributed by atoms with Gasteiger partial charge in [-0.1, -0.05) is 29.5 Å². The van der Waals surface area contributed by atoms with E-state index in [2.05, 4.69) is 27.9 Å². The Balaban J connectivity index is 3.38. The second-order valence-corrected chi connectivity index (χ2v) is 5.51. The van der Waals surface area contributed by atoms with Crippen molar-refractivity contribution in [3.63, 3.8) is 0 Å². The van der Waals surface area contributed by atoms with Crippen LogP contribution in [0.4, 0.5) is 0 Å². The standard InChI is InChI=1S/C11H20INO2/c1-3-8-13-11(15)7-5-4-6-10(14)9(2)12/h9H,3-8H2,1-2H3,(H,13,15). The number of nitrogens with one attached hydrogen (secondary N) is 1. The highest BCUT2D eigenvalue weighted by atomic mass is 127. The number of unbranched alkanes of at least 4 members (excludes halogenated alkanes) is 1. The summed E-state index contributed by atoms with van der Waals surface area (Å²) in [6.45, 7) is 4.68. The SMILES string of the molecule is CCCNC(=O)CCCCC(=O)C(C)I. The van der Waals surface area contributed by atoms with Gasteiger partial charge in [-0.15, -0.1) is 0 Å². The van der Waals surface area contributed by atoms with Crippen LogP contribution in [0.15, 0.2) is 0 Å². The number of carbonyl (C=O) groups excluding carboxylic acids is 2. The molecular formula is C11H20INO2. The average Bonchev–Trinajstić information content (AvgIpc) is 2.20. The number of alkyl halides is 1. The van der Waals surface area contributed by atoms with Crippen molar-refractivity contribution in [2.24, 2.45) is 0 Å². The van der Waals surface area contributed by atoms with Gasteiger partial charge in [0, 0.05) is 19.4 Å². The van der Waals surface area contributed by atoms with E-state index in [0.29, 0.717) is 12.8 Å². The summed E-state index contributed by atoms with van der Waals surface area (Å²) in [5, 5.41) is 2.82. The Morgan fingerprint density at radius 2 is 1.87 bits per heavy atom. The summed E-state index contributed by atoms with van der Waals surface area (Å²) in [6.07, 6.45) is 3.75. The quantitative estimate of drug-likeness (QED) is 0.423. The molecule has 0 aliphatic heterocycles. The number of amides is 1. The first-order valence-corrected chi connectivity index (χ1v) is 6.76. The Labute approximate surface area is 106 Å². The number of halogens is 1. The molecule has 4 heteroatoms. The number of rotatable bonds is 8. The highest BCUT2D eigenvalue weighted by molar-refractivity contribution is 14.1. The maximum atomic E-state index is 11.3. The van der Waals surface area contributed by atoms with Gasteiger partial charge in [-0.3, -0.25) is 9.59 Å². The number of hydrogen-bond acceptors (Lipinski definition) is 2. The number of hydrogen-bond donors (Lipinski definition) is 1. The molecule has 88 valence electrons. The van der Waals surface area contributed by atoms with Crippen LogP contribution in [0.3, 0.4) is 0 Å². The zero-order valence-corrected chi connectivity index (χ0v) is 11.7. The van der Waals surface area contributed by atoms with Crippen molar-refractivity contribution < 1.29 is 9.59 Å². The second kappa shape index (κ2) is 9.12. The lowest BCUT2D eigenvalue weighted by atomic mass is 10.1. The molecule has 1 N–H and O–H groups in total. The highest BCUT2D eigenvalue weighted by Gasteiger charge is 2.08. The fourth-order valence-corrected chi connectivity index (χ4v) is 1.45. The Bertz CT molecular complexity index is 205. The zero-order valence-electron chi connectivity index (χ0n) is 9.51. The Morgan fingerprint density at radius 3 is 2.40 bits per heavy atom. The molecule has 1 unspecified atom stereocenters. The smallest absolute Gasteiger partial charge is 0.219 e. The number of ketones is 1. The molecule has 0 aliphatic rings. The van der Waals surface area contributed by atoms with Gasteiger partial charge >= 0.3 is 0 Å². The molecule has 0 radical (unpaired) electrons. The summed E-state index contributed by atoms with van der Waals surface area (Å²) >= 11 is 2.12. The first-order valence-electron chi connectivity index (χ1n) is 5.51. The van der Waals surface area contributed by atoms with Crippen molar-refractivity contribution in [3.05, 3.63) is 0 Å². The van der Waals surface area contributed by atoms with E-state index in [1.807, 2.05) is 13.8 Å². The summed E-state index contributed by atoms with van der Waals surface area (Å²) in [4.78, 5) is 22.4. The maximum Gasteiger partial charge on any atom is 0.219 e. The van der Waals surface area contributed by atoms with E-state index in [1.165, 1.54) is 0 Å². The molecule has 0 rings (SSSR count). The molecule has 0 aliphatic carbocycles. The lowest BCUT2D eigenvalue weighted by molar-refractivity contribution is -0.122. The Morgan fingerprint density at radius 1 is 1.27 bits per heavy atom. The van der Waals surface area contributed by atoms with E-state index < -0.39 is 0 Å². The average molecular weight is 325 g/mol. The van der Waals surface area contributed by atoms with Crippen LogP contribution in [-0.4, -0.2) is 22.2 Å². The van der Waals surface area contributed by atoms with Crippen LogP contribution in [0.1, 0.15) is 46.0 Å². The molecule has 0 spiro atoms. The van der Waals surface area contributed by atoms with Gasteiger partial charge in [0.05, 0.1) is 3.92 Å². The molecular weight excluding hydrogens is 305 g/mol. The molecule has 0 heterocycles. The molecule has 0 aromatic heterocycles. The van der Waals surface area contributed by atoms with Crippen LogP contribution in [0.5, 0.6) is 0 Å². The van der Waals surface area contributed by atoms with Gasteiger partial charge in [0.15, 0.2) is 0 Å². The van der Waals surface area contributed by atoms with E-state index in [-0.39, 0.29) is 15.6 Å². The van der Waals surface area contributed by atoms with Crippen LogP contribution < -0.4 is 5.32 Å². The third kappa shape index (κ3) is 8.84. The normalized spacial score (nSPS) is 12.2. The second-order valence-electron chi connectivity index (χ2n) is 3.64. The largest absolute Gasteiger partial charge is 0.356 e. The van der Waals surface area contributed by atoms with E-state index in [0.717, 1.165) is 25.8 Å². The Kier molecular flexibility index (Phi) is 9.04. The minimum absolute atomic E-state index is 0.0940. The van der Waals surface area contributed by atoms with Crippen molar-refractivity contribution in [2.45, 2.75) is 49.9 Å². The molecule has 0 fully saturated rings. The summed E-state index contributed by atoms with van der Waals surface area (Å²) in [6, 6.07) is 0. The zero-order chi connectivity index (χ0) is 11.7.